The summed E-state index contributed by atoms with van der Waals surface area (Å²) in [6.07, 6.45) is 0. The third-order valence-electron chi connectivity index (χ3n) is 5.19. The summed E-state index contributed by atoms with van der Waals surface area (Å²) >= 11 is 0. The molecule has 0 aliphatic carbocycles. The Morgan fingerprint density at radius 3 is 2.34 bits per heavy atom. The third kappa shape index (κ3) is 4.01. The minimum absolute atomic E-state index is 0.0653. The topological polar surface area (TPSA) is 85.0 Å². The highest BCUT2D eigenvalue weighted by atomic mass is 16.5. The van der Waals surface area contributed by atoms with E-state index < -0.39 is 5.97 Å². The molecule has 6 nitrogen and oxygen atoms in total. The normalized spacial score (nSPS) is 10.8. The predicted molar refractivity (Wildman–Crippen MR) is 122 cm³/mol. The molecule has 0 unspecified atom stereocenters. The van der Waals surface area contributed by atoms with E-state index in [1.165, 1.54) is 4.68 Å². The van der Waals surface area contributed by atoms with Gasteiger partial charge in [-0.15, -0.1) is 0 Å². The van der Waals surface area contributed by atoms with E-state index in [1.54, 1.807) is 30.3 Å². The summed E-state index contributed by atoms with van der Waals surface area (Å²) < 4.78 is 6.82. The van der Waals surface area contributed by atoms with E-state index in [-0.39, 0.29) is 23.9 Å². The van der Waals surface area contributed by atoms with Gasteiger partial charge in [0.25, 0.3) is 5.56 Å². The molecule has 158 valence electrons. The summed E-state index contributed by atoms with van der Waals surface area (Å²) in [6.45, 7) is 3.74. The fourth-order valence-electron chi connectivity index (χ4n) is 3.54. The molecule has 3 aromatic carbocycles. The van der Waals surface area contributed by atoms with Gasteiger partial charge in [0.05, 0.1) is 23.1 Å². The van der Waals surface area contributed by atoms with E-state index in [0.717, 1.165) is 16.7 Å². The zero-order valence-electron chi connectivity index (χ0n) is 17.8. The van der Waals surface area contributed by atoms with Crippen molar-refractivity contribution in [3.63, 3.8) is 0 Å². The van der Waals surface area contributed by atoms with Crippen LogP contribution in [0.2, 0.25) is 0 Å². The molecular weight excluding hydrogens is 402 g/mol. The van der Waals surface area contributed by atoms with Crippen LogP contribution in [0.1, 0.15) is 41.5 Å². The van der Waals surface area contributed by atoms with Gasteiger partial charge in [0.2, 0.25) is 0 Å². The molecule has 0 saturated heterocycles. The van der Waals surface area contributed by atoms with Crippen LogP contribution >= 0.6 is 0 Å². The molecule has 0 radical (unpaired) electrons. The first-order chi connectivity index (χ1) is 15.5. The highest BCUT2D eigenvalue weighted by Crippen LogP contribution is 2.24. The van der Waals surface area contributed by atoms with Crippen LogP contribution in [0.4, 0.5) is 0 Å². The van der Waals surface area contributed by atoms with Gasteiger partial charge in [0, 0.05) is 5.39 Å². The van der Waals surface area contributed by atoms with E-state index in [4.69, 9.17) is 4.74 Å². The molecule has 1 aromatic heterocycles. The predicted octanol–water partition coefficient (Wildman–Crippen LogP) is 4.87. The number of hydrogen-bond acceptors (Lipinski definition) is 5. The molecule has 32 heavy (non-hydrogen) atoms. The summed E-state index contributed by atoms with van der Waals surface area (Å²) in [5.41, 5.74) is 3.05. The maximum absolute atomic E-state index is 12.9. The van der Waals surface area contributed by atoms with Crippen LogP contribution in [0, 0.1) is 11.3 Å². The van der Waals surface area contributed by atoms with Crippen LogP contribution in [0.3, 0.4) is 0 Å². The average Bonchev–Trinajstić information content (AvgIpc) is 2.83. The van der Waals surface area contributed by atoms with Crippen molar-refractivity contribution in [2.24, 2.45) is 0 Å². The van der Waals surface area contributed by atoms with Crippen molar-refractivity contribution in [3.8, 4) is 17.2 Å². The van der Waals surface area contributed by atoms with Crippen molar-refractivity contribution < 1.29 is 9.53 Å². The summed E-state index contributed by atoms with van der Waals surface area (Å²) in [7, 11) is 0. The van der Waals surface area contributed by atoms with Crippen LogP contribution in [-0.4, -0.2) is 15.7 Å². The molecule has 0 saturated carbocycles. The van der Waals surface area contributed by atoms with Crippen molar-refractivity contribution in [3.05, 3.63) is 100.0 Å². The molecule has 0 aliphatic heterocycles. The monoisotopic (exact) mass is 423 g/mol. The molecule has 1 heterocycles. The van der Waals surface area contributed by atoms with Gasteiger partial charge in [-0.1, -0.05) is 60.7 Å². The smallest absolute Gasteiger partial charge is 0.359 e. The first kappa shape index (κ1) is 21.0. The summed E-state index contributed by atoms with van der Waals surface area (Å²) in [5.74, 6) is -0.588. The lowest BCUT2D eigenvalue weighted by atomic mass is 9.99. The van der Waals surface area contributed by atoms with Crippen LogP contribution in [-0.2, 0) is 11.3 Å². The first-order valence-electron chi connectivity index (χ1n) is 10.3. The Hall–Kier alpha value is -4.24. The lowest BCUT2D eigenvalue weighted by molar-refractivity contribution is 0.0465. The van der Waals surface area contributed by atoms with E-state index in [0.29, 0.717) is 16.3 Å². The number of nitriles is 1. The zero-order valence-corrected chi connectivity index (χ0v) is 17.8. The second kappa shape index (κ2) is 8.86. The van der Waals surface area contributed by atoms with Crippen LogP contribution < -0.4 is 5.56 Å². The van der Waals surface area contributed by atoms with Crippen LogP contribution in [0.25, 0.3) is 21.9 Å². The molecule has 0 amide bonds. The third-order valence-corrected chi connectivity index (χ3v) is 5.19. The molecular formula is C26H21N3O3. The SMILES string of the molecule is CC(C)n1nc(C(=O)OCc2ccc(-c3ccccc3C#N)cc2)c2ccccc2c1=O. The second-order valence-corrected chi connectivity index (χ2v) is 7.67. The van der Waals surface area contributed by atoms with Gasteiger partial charge >= 0.3 is 5.97 Å². The summed E-state index contributed by atoms with van der Waals surface area (Å²) in [6, 6.07) is 23.8. The lowest BCUT2D eigenvalue weighted by Crippen LogP contribution is -2.27. The van der Waals surface area contributed by atoms with Crippen LogP contribution in [0.5, 0.6) is 0 Å². The van der Waals surface area contributed by atoms with Gasteiger partial charge in [-0.25, -0.2) is 9.48 Å². The standard InChI is InChI=1S/C26H21N3O3/c1-17(2)29-25(30)23-10-6-5-9-22(23)24(28-29)26(31)32-16-18-11-13-19(14-12-18)21-8-4-3-7-20(21)15-27/h3-14,17H,16H2,1-2H3. The molecule has 6 heteroatoms. The van der Waals surface area contributed by atoms with E-state index in [9.17, 15) is 14.9 Å². The molecule has 0 N–H and O–H groups in total. The second-order valence-electron chi connectivity index (χ2n) is 7.67. The lowest BCUT2D eigenvalue weighted by Gasteiger charge is -2.13. The summed E-state index contributed by atoms with van der Waals surface area (Å²) in [5, 5.41) is 14.5. The Morgan fingerprint density at radius 1 is 1.00 bits per heavy atom. The van der Waals surface area contributed by atoms with Crippen LogP contribution in [0.15, 0.2) is 77.6 Å². The highest BCUT2D eigenvalue weighted by molar-refractivity contribution is 6.02. The molecule has 4 aromatic rings. The molecule has 4 rings (SSSR count). The number of rotatable bonds is 5. The Kier molecular flexibility index (Phi) is 5.82. The Bertz CT molecular complexity index is 1400. The summed E-state index contributed by atoms with van der Waals surface area (Å²) in [4.78, 5) is 25.5. The fourth-order valence-corrected chi connectivity index (χ4v) is 3.54. The van der Waals surface area contributed by atoms with Crippen molar-refractivity contribution in [2.75, 3.05) is 0 Å². The minimum atomic E-state index is -0.588. The number of ether oxygens (including phenoxy) is 1. The molecule has 0 aliphatic rings. The van der Waals surface area contributed by atoms with Crippen molar-refractivity contribution in [1.29, 1.82) is 5.26 Å². The van der Waals surface area contributed by atoms with E-state index >= 15 is 0 Å². The highest BCUT2D eigenvalue weighted by Gasteiger charge is 2.19. The zero-order chi connectivity index (χ0) is 22.7. The number of carbonyl (C=O) groups is 1. The number of nitrogens with zero attached hydrogens (tertiary/aromatic N) is 3. The number of benzene rings is 3. The largest absolute Gasteiger partial charge is 0.456 e. The van der Waals surface area contributed by atoms with Gasteiger partial charge in [-0.3, -0.25) is 4.79 Å². The fraction of sp³-hybridized carbons (Fsp3) is 0.154. The van der Waals surface area contributed by atoms with Gasteiger partial charge in [0.15, 0.2) is 5.69 Å². The number of carbonyl (C=O) groups excluding carboxylic acids is 1. The van der Waals surface area contributed by atoms with Gasteiger partial charge in [-0.2, -0.15) is 10.4 Å². The quantitative estimate of drug-likeness (QED) is 0.428. The maximum Gasteiger partial charge on any atom is 0.359 e. The Morgan fingerprint density at radius 2 is 1.66 bits per heavy atom. The Labute approximate surface area is 185 Å². The molecule has 0 bridgehead atoms. The number of esters is 1. The van der Waals surface area contributed by atoms with Crippen molar-refractivity contribution in [2.45, 2.75) is 26.5 Å². The average molecular weight is 423 g/mol. The van der Waals surface area contributed by atoms with E-state index in [1.807, 2.05) is 56.3 Å². The van der Waals surface area contributed by atoms with Gasteiger partial charge < -0.3 is 4.74 Å². The number of aromatic nitrogens is 2. The Balaban J connectivity index is 1.57. The molecule has 0 fully saturated rings. The van der Waals surface area contributed by atoms with Gasteiger partial charge in [-0.05, 0) is 42.7 Å². The maximum atomic E-state index is 12.9. The van der Waals surface area contributed by atoms with Crippen molar-refractivity contribution >= 4 is 16.7 Å². The van der Waals surface area contributed by atoms with Gasteiger partial charge in [0.1, 0.15) is 6.61 Å². The first-order valence-corrected chi connectivity index (χ1v) is 10.3. The number of hydrogen-bond donors (Lipinski definition) is 0. The molecule has 0 spiro atoms. The molecule has 0 atom stereocenters. The minimum Gasteiger partial charge on any atom is -0.456 e. The van der Waals surface area contributed by atoms with E-state index in [2.05, 4.69) is 11.2 Å². The number of fused-ring (bicyclic) bond motifs is 1. The van der Waals surface area contributed by atoms with Crippen molar-refractivity contribution in [1.82, 2.24) is 9.78 Å².